The van der Waals surface area contributed by atoms with Crippen LogP contribution in [0.3, 0.4) is 0 Å². The molecule has 0 radical (unpaired) electrons. The van der Waals surface area contributed by atoms with Crippen molar-refractivity contribution in [2.45, 2.75) is 31.9 Å². The number of thiophene rings is 1. The van der Waals surface area contributed by atoms with Crippen molar-refractivity contribution in [3.05, 3.63) is 93.7 Å². The molecule has 2 nitrogen and oxygen atoms in total. The number of aliphatic hydroxyl groups is 1. The van der Waals surface area contributed by atoms with Crippen LogP contribution in [0.1, 0.15) is 34.6 Å². The van der Waals surface area contributed by atoms with E-state index >= 15 is 0 Å². The van der Waals surface area contributed by atoms with Crippen molar-refractivity contribution < 1.29 is 5.11 Å². The van der Waals surface area contributed by atoms with Crippen molar-refractivity contribution in [3.8, 4) is 0 Å². The van der Waals surface area contributed by atoms with E-state index in [-0.39, 0.29) is 0 Å². The van der Waals surface area contributed by atoms with Gasteiger partial charge in [-0.1, -0.05) is 60.7 Å². The third-order valence-corrected chi connectivity index (χ3v) is 5.32. The van der Waals surface area contributed by atoms with Crippen molar-refractivity contribution in [3.63, 3.8) is 0 Å². The summed E-state index contributed by atoms with van der Waals surface area (Å²) in [5.74, 6) is 0. The topological polar surface area (TPSA) is 32.3 Å². The fourth-order valence-electron chi connectivity index (χ4n) is 2.94. The average Bonchev–Trinajstić information content (AvgIpc) is 3.08. The van der Waals surface area contributed by atoms with E-state index < -0.39 is 6.10 Å². The summed E-state index contributed by atoms with van der Waals surface area (Å²) in [6, 6.07) is 23.0. The molecule has 130 valence electrons. The van der Waals surface area contributed by atoms with Crippen LogP contribution >= 0.6 is 11.3 Å². The lowest BCUT2D eigenvalue weighted by Gasteiger charge is -2.17. The predicted molar refractivity (Wildman–Crippen MR) is 106 cm³/mol. The largest absolute Gasteiger partial charge is 0.387 e. The molecule has 0 fully saturated rings. The molecule has 2 N–H and O–H groups in total. The lowest BCUT2D eigenvalue weighted by Crippen LogP contribution is -2.31. The molecule has 0 saturated heterocycles. The minimum absolute atomic E-state index is 0.335. The molecule has 2 aromatic carbocycles. The Morgan fingerprint density at radius 2 is 1.64 bits per heavy atom. The Hall–Kier alpha value is -1.94. The summed E-state index contributed by atoms with van der Waals surface area (Å²) in [5.41, 5.74) is 3.69. The Morgan fingerprint density at radius 1 is 0.960 bits per heavy atom. The van der Waals surface area contributed by atoms with Gasteiger partial charge >= 0.3 is 0 Å². The van der Waals surface area contributed by atoms with Gasteiger partial charge in [-0.05, 0) is 47.9 Å². The highest BCUT2D eigenvalue weighted by atomic mass is 32.1. The van der Waals surface area contributed by atoms with E-state index in [0.29, 0.717) is 12.6 Å². The van der Waals surface area contributed by atoms with E-state index in [2.05, 4.69) is 54.0 Å². The third kappa shape index (κ3) is 5.53. The van der Waals surface area contributed by atoms with Crippen molar-refractivity contribution in [1.82, 2.24) is 5.32 Å². The Bertz CT molecular complexity index is 754. The zero-order valence-electron chi connectivity index (χ0n) is 14.6. The molecule has 1 heterocycles. The van der Waals surface area contributed by atoms with Crippen LogP contribution < -0.4 is 5.32 Å². The SMILES string of the molecule is CC(Cc1cc(Cc2ccccc2)cs1)NC[C@H](O)c1ccccc1. The van der Waals surface area contributed by atoms with Gasteiger partial charge in [-0.3, -0.25) is 0 Å². The highest BCUT2D eigenvalue weighted by Crippen LogP contribution is 2.20. The summed E-state index contributed by atoms with van der Waals surface area (Å²) in [6.45, 7) is 2.75. The summed E-state index contributed by atoms with van der Waals surface area (Å²) >= 11 is 1.83. The first-order valence-corrected chi connectivity index (χ1v) is 9.65. The zero-order valence-corrected chi connectivity index (χ0v) is 15.4. The summed E-state index contributed by atoms with van der Waals surface area (Å²) in [7, 11) is 0. The molecule has 0 spiro atoms. The molecule has 1 unspecified atom stereocenters. The normalized spacial score (nSPS) is 13.5. The molecule has 0 saturated carbocycles. The smallest absolute Gasteiger partial charge is 0.0914 e. The lowest BCUT2D eigenvalue weighted by atomic mass is 10.1. The number of nitrogens with one attached hydrogen (secondary N) is 1. The standard InChI is InChI=1S/C22H25NOS/c1-17(23-15-22(24)20-10-6-3-7-11-20)12-21-14-19(16-25-21)13-18-8-4-2-5-9-18/h2-11,14,16-17,22-24H,12-13,15H2,1H3/t17?,22-/m0/s1. The Balaban J connectivity index is 1.47. The molecule has 3 aromatic rings. The first-order valence-electron chi connectivity index (χ1n) is 8.77. The van der Waals surface area contributed by atoms with E-state index in [1.807, 2.05) is 41.7 Å². The van der Waals surface area contributed by atoms with Crippen LogP contribution in [0.25, 0.3) is 0 Å². The highest BCUT2D eigenvalue weighted by Gasteiger charge is 2.10. The van der Waals surface area contributed by atoms with Gasteiger partial charge in [-0.15, -0.1) is 11.3 Å². The van der Waals surface area contributed by atoms with Crippen LogP contribution in [0.4, 0.5) is 0 Å². The van der Waals surface area contributed by atoms with Crippen LogP contribution in [0, 0.1) is 0 Å². The van der Waals surface area contributed by atoms with Gasteiger partial charge < -0.3 is 10.4 Å². The van der Waals surface area contributed by atoms with Crippen LogP contribution in [0.5, 0.6) is 0 Å². The maximum atomic E-state index is 10.2. The summed E-state index contributed by atoms with van der Waals surface area (Å²) in [6.07, 6.45) is 1.52. The molecule has 0 aliphatic carbocycles. The molecule has 0 aliphatic heterocycles. The van der Waals surface area contributed by atoms with Gasteiger partial charge in [0.15, 0.2) is 0 Å². The number of rotatable bonds is 8. The van der Waals surface area contributed by atoms with Gasteiger partial charge in [0.2, 0.25) is 0 Å². The molecular formula is C22H25NOS. The Morgan fingerprint density at radius 3 is 2.36 bits per heavy atom. The monoisotopic (exact) mass is 351 g/mol. The third-order valence-electron chi connectivity index (χ3n) is 4.31. The molecular weight excluding hydrogens is 326 g/mol. The molecule has 0 amide bonds. The van der Waals surface area contributed by atoms with Crippen molar-refractivity contribution in [2.24, 2.45) is 0 Å². The number of hydrogen-bond acceptors (Lipinski definition) is 3. The molecule has 3 rings (SSSR count). The number of hydrogen-bond donors (Lipinski definition) is 2. The van der Waals surface area contributed by atoms with Gasteiger partial charge in [0.1, 0.15) is 0 Å². The second kappa shape index (κ2) is 8.95. The van der Waals surface area contributed by atoms with Crippen LogP contribution in [0.2, 0.25) is 0 Å². The minimum Gasteiger partial charge on any atom is -0.387 e. The van der Waals surface area contributed by atoms with E-state index in [9.17, 15) is 5.11 Å². The van der Waals surface area contributed by atoms with Gasteiger partial charge in [0, 0.05) is 17.5 Å². The van der Waals surface area contributed by atoms with Gasteiger partial charge in [-0.25, -0.2) is 0 Å². The van der Waals surface area contributed by atoms with E-state index in [1.165, 1.54) is 16.0 Å². The summed E-state index contributed by atoms with van der Waals surface area (Å²) in [4.78, 5) is 1.39. The Kier molecular flexibility index (Phi) is 6.40. The minimum atomic E-state index is -0.458. The van der Waals surface area contributed by atoms with Gasteiger partial charge in [-0.2, -0.15) is 0 Å². The van der Waals surface area contributed by atoms with E-state index in [4.69, 9.17) is 0 Å². The van der Waals surface area contributed by atoms with Crippen LogP contribution in [-0.4, -0.2) is 17.7 Å². The second-order valence-electron chi connectivity index (χ2n) is 6.52. The van der Waals surface area contributed by atoms with Crippen LogP contribution in [-0.2, 0) is 12.8 Å². The summed E-state index contributed by atoms with van der Waals surface area (Å²) in [5, 5.41) is 15.9. The van der Waals surface area contributed by atoms with Gasteiger partial charge in [0.05, 0.1) is 6.10 Å². The zero-order chi connectivity index (χ0) is 17.5. The van der Waals surface area contributed by atoms with Crippen molar-refractivity contribution >= 4 is 11.3 Å². The first kappa shape index (κ1) is 17.9. The van der Waals surface area contributed by atoms with Crippen LogP contribution in [0.15, 0.2) is 72.1 Å². The fourth-order valence-corrected chi connectivity index (χ4v) is 3.96. The maximum Gasteiger partial charge on any atom is 0.0914 e. The van der Waals surface area contributed by atoms with Gasteiger partial charge in [0.25, 0.3) is 0 Å². The molecule has 0 bridgehead atoms. The van der Waals surface area contributed by atoms with Crippen molar-refractivity contribution in [1.29, 1.82) is 0 Å². The molecule has 3 heteroatoms. The summed E-state index contributed by atoms with van der Waals surface area (Å²) < 4.78 is 0. The highest BCUT2D eigenvalue weighted by molar-refractivity contribution is 7.10. The molecule has 1 aromatic heterocycles. The molecule has 25 heavy (non-hydrogen) atoms. The quantitative estimate of drug-likeness (QED) is 0.622. The molecule has 2 atom stereocenters. The predicted octanol–water partition coefficient (Wildman–Crippen LogP) is 4.59. The van der Waals surface area contributed by atoms with Crippen molar-refractivity contribution in [2.75, 3.05) is 6.54 Å². The second-order valence-corrected chi connectivity index (χ2v) is 7.52. The lowest BCUT2D eigenvalue weighted by molar-refractivity contribution is 0.170. The number of aliphatic hydroxyl groups excluding tert-OH is 1. The van der Waals surface area contributed by atoms with E-state index in [0.717, 1.165) is 18.4 Å². The number of benzene rings is 2. The Labute approximate surface area is 154 Å². The van der Waals surface area contributed by atoms with E-state index in [1.54, 1.807) is 0 Å². The fraction of sp³-hybridized carbons (Fsp3) is 0.273. The first-order chi connectivity index (χ1) is 12.2. The molecule has 0 aliphatic rings. The average molecular weight is 352 g/mol. The maximum absolute atomic E-state index is 10.2.